The Bertz CT molecular complexity index is 436. The standard InChI is InChI=1S/2C10H15.Hf/c2*1-3-4-5-10-7-6-9(2)8-10;/h2*6-8H,3-5H2,1-2H3;. The summed E-state index contributed by atoms with van der Waals surface area (Å²) in [6, 6.07) is 0. The van der Waals surface area contributed by atoms with Gasteiger partial charge in [0, 0.05) is 0 Å². The molecule has 0 aromatic rings. The number of unbranched alkanes of at least 4 members (excludes halogenated alkanes) is 2. The normalized spacial score (nSPS) is 30.7. The minimum absolute atomic E-state index is 0.485. The van der Waals surface area contributed by atoms with Crippen LogP contribution in [0.15, 0.2) is 47.6 Å². The van der Waals surface area contributed by atoms with Crippen LogP contribution in [0.4, 0.5) is 0 Å². The van der Waals surface area contributed by atoms with Gasteiger partial charge in [0.05, 0.1) is 0 Å². The van der Waals surface area contributed by atoms with Gasteiger partial charge >= 0.3 is 143 Å². The zero-order valence-corrected chi connectivity index (χ0v) is 17.8. The molecule has 2 aliphatic carbocycles. The van der Waals surface area contributed by atoms with Crippen LogP contribution in [-0.2, 0) is 22.9 Å². The molecule has 2 unspecified atom stereocenters. The molecule has 0 bridgehead atoms. The first kappa shape index (κ1) is 17.2. The summed E-state index contributed by atoms with van der Waals surface area (Å²) in [5, 5.41) is 0. The molecule has 1 heteroatoms. The first-order valence-electron chi connectivity index (χ1n) is 8.60. The van der Waals surface area contributed by atoms with Crippen molar-refractivity contribution in [2.75, 3.05) is 0 Å². The summed E-state index contributed by atoms with van der Waals surface area (Å²) in [4.78, 5) is 0. The van der Waals surface area contributed by atoms with Gasteiger partial charge in [-0.05, 0) is 0 Å². The van der Waals surface area contributed by atoms with Gasteiger partial charge in [0.25, 0.3) is 0 Å². The van der Waals surface area contributed by atoms with E-state index in [9.17, 15) is 0 Å². The Kier molecular flexibility index (Phi) is 6.05. The predicted octanol–water partition coefficient (Wildman–Crippen LogP) is 6.80. The summed E-state index contributed by atoms with van der Waals surface area (Å²) in [7, 11) is 0. The van der Waals surface area contributed by atoms with Crippen molar-refractivity contribution in [3.05, 3.63) is 47.6 Å². The second-order valence-corrected chi connectivity index (χ2v) is 14.4. The molecule has 0 aromatic carbocycles. The Balaban J connectivity index is 2.21. The summed E-state index contributed by atoms with van der Waals surface area (Å²) >= 11 is -0.893. The topological polar surface area (TPSA) is 0 Å². The van der Waals surface area contributed by atoms with Crippen LogP contribution in [-0.4, -0.2) is 0 Å². The molecule has 0 nitrogen and oxygen atoms in total. The molecule has 2 aliphatic rings. The molecule has 0 radical (unpaired) electrons. The summed E-state index contributed by atoms with van der Waals surface area (Å²) in [5.41, 5.74) is 2.99. The van der Waals surface area contributed by atoms with Gasteiger partial charge in [-0.15, -0.1) is 0 Å². The van der Waals surface area contributed by atoms with Crippen molar-refractivity contribution in [1.29, 1.82) is 0 Å². The summed E-state index contributed by atoms with van der Waals surface area (Å²) in [6.07, 6.45) is 23.3. The van der Waals surface area contributed by atoms with E-state index < -0.39 is 22.9 Å². The van der Waals surface area contributed by atoms with Crippen molar-refractivity contribution in [2.45, 2.75) is 72.6 Å². The van der Waals surface area contributed by atoms with Crippen LogP contribution in [0.5, 0.6) is 0 Å². The van der Waals surface area contributed by atoms with Crippen molar-refractivity contribution in [3.8, 4) is 0 Å². The van der Waals surface area contributed by atoms with E-state index in [1.807, 2.05) is 0 Å². The maximum atomic E-state index is 2.62. The van der Waals surface area contributed by atoms with Gasteiger partial charge in [0.1, 0.15) is 0 Å². The van der Waals surface area contributed by atoms with Crippen LogP contribution in [0.25, 0.3) is 0 Å². The van der Waals surface area contributed by atoms with Crippen molar-refractivity contribution in [2.24, 2.45) is 0 Å². The maximum absolute atomic E-state index is 2.62. The molecule has 2 rings (SSSR count). The summed E-state index contributed by atoms with van der Waals surface area (Å²) in [6.45, 7) is 9.20. The average Bonchev–Trinajstić information content (AvgIpc) is 2.99. The fraction of sp³-hybridized carbons (Fsp3) is 0.600. The quantitative estimate of drug-likeness (QED) is 0.358. The molecule has 0 saturated carbocycles. The van der Waals surface area contributed by atoms with Crippen LogP contribution < -0.4 is 0 Å². The van der Waals surface area contributed by atoms with E-state index >= 15 is 0 Å². The first-order valence-corrected chi connectivity index (χ1v) is 12.2. The zero-order valence-electron chi connectivity index (χ0n) is 14.2. The van der Waals surface area contributed by atoms with Crippen LogP contribution in [0.2, 0.25) is 6.34 Å². The van der Waals surface area contributed by atoms with Crippen LogP contribution in [0.1, 0.15) is 66.2 Å². The molecular formula is C20H30Hf. The molecule has 0 N–H and O–H groups in total. The number of rotatable bonds is 8. The molecular weight excluding hydrogens is 419 g/mol. The van der Waals surface area contributed by atoms with Gasteiger partial charge < -0.3 is 0 Å². The van der Waals surface area contributed by atoms with Crippen molar-refractivity contribution < 1.29 is 22.9 Å². The Labute approximate surface area is 142 Å². The molecule has 0 aromatic heterocycles. The Morgan fingerprint density at radius 3 is 1.52 bits per heavy atom. The molecule has 0 fully saturated rings. The monoisotopic (exact) mass is 450 g/mol. The molecule has 0 spiro atoms. The van der Waals surface area contributed by atoms with Crippen molar-refractivity contribution in [3.63, 3.8) is 0 Å². The van der Waals surface area contributed by atoms with Gasteiger partial charge in [-0.2, -0.15) is 0 Å². The Hall–Kier alpha value is -0.170. The second-order valence-electron chi connectivity index (χ2n) is 6.86. The molecule has 114 valence electrons. The third-order valence-corrected chi connectivity index (χ3v) is 12.0. The zero-order chi connectivity index (χ0) is 15.3. The second kappa shape index (κ2) is 7.40. The molecule has 2 atom stereocenters. The molecule has 0 amide bonds. The van der Waals surface area contributed by atoms with Crippen LogP contribution in [0, 0.1) is 0 Å². The Morgan fingerprint density at radius 2 is 1.24 bits per heavy atom. The fourth-order valence-electron chi connectivity index (χ4n) is 3.53. The van der Waals surface area contributed by atoms with E-state index in [2.05, 4.69) is 64.2 Å². The minimum atomic E-state index is -0.893. The van der Waals surface area contributed by atoms with E-state index in [1.165, 1.54) is 49.7 Å². The van der Waals surface area contributed by atoms with Gasteiger partial charge in [-0.25, -0.2) is 0 Å². The third-order valence-electron chi connectivity index (χ3n) is 4.61. The van der Waals surface area contributed by atoms with E-state index in [-0.39, 0.29) is 0 Å². The number of hydrogen-bond acceptors (Lipinski definition) is 0. The van der Waals surface area contributed by atoms with Crippen molar-refractivity contribution in [1.82, 2.24) is 0 Å². The van der Waals surface area contributed by atoms with E-state index in [0.29, 0.717) is 6.34 Å². The van der Waals surface area contributed by atoms with Crippen LogP contribution >= 0.6 is 0 Å². The van der Waals surface area contributed by atoms with Gasteiger partial charge in [0.15, 0.2) is 0 Å². The summed E-state index contributed by atoms with van der Waals surface area (Å²) in [5.74, 6) is 0. The number of hydrogen-bond donors (Lipinski definition) is 0. The summed E-state index contributed by atoms with van der Waals surface area (Å²) < 4.78 is 0.971. The van der Waals surface area contributed by atoms with Crippen LogP contribution in [0.3, 0.4) is 0 Å². The van der Waals surface area contributed by atoms with Gasteiger partial charge in [0.2, 0.25) is 0 Å². The average molecular weight is 449 g/mol. The third kappa shape index (κ3) is 4.41. The van der Waals surface area contributed by atoms with E-state index in [1.54, 1.807) is 0 Å². The Morgan fingerprint density at radius 1 is 0.810 bits per heavy atom. The molecule has 21 heavy (non-hydrogen) atoms. The van der Waals surface area contributed by atoms with Gasteiger partial charge in [-0.1, -0.05) is 0 Å². The van der Waals surface area contributed by atoms with Gasteiger partial charge in [-0.3, -0.25) is 0 Å². The molecule has 0 saturated heterocycles. The predicted molar refractivity (Wildman–Crippen MR) is 90.2 cm³/mol. The SMILES string of the molecule is CCCC[C]1([Hf][C]2(CCCC)C=CC(C)=C2)C=CC(C)=C1. The molecule has 0 heterocycles. The molecule has 0 aliphatic heterocycles. The van der Waals surface area contributed by atoms with Crippen molar-refractivity contribution >= 4 is 0 Å². The first-order chi connectivity index (χ1) is 10.0. The number of allylic oxidation sites excluding steroid dienone is 8. The van der Waals surface area contributed by atoms with E-state index in [4.69, 9.17) is 0 Å². The fourth-order valence-corrected chi connectivity index (χ4v) is 12.2. The van der Waals surface area contributed by atoms with E-state index in [0.717, 1.165) is 0 Å².